The van der Waals surface area contributed by atoms with Crippen molar-refractivity contribution in [2.24, 2.45) is 22.7 Å². The van der Waals surface area contributed by atoms with Gasteiger partial charge in [-0.15, -0.1) is 6.58 Å². The topological polar surface area (TPSA) is 83.9 Å². The summed E-state index contributed by atoms with van der Waals surface area (Å²) >= 11 is 0. The van der Waals surface area contributed by atoms with Crippen LogP contribution in [0.1, 0.15) is 58.8 Å². The highest BCUT2D eigenvalue weighted by molar-refractivity contribution is 5.81. The van der Waals surface area contributed by atoms with Crippen molar-refractivity contribution in [3.8, 4) is 0 Å². The van der Waals surface area contributed by atoms with Gasteiger partial charge < -0.3 is 24.0 Å². The number of likely N-dealkylation sites (tertiary alicyclic amines) is 2. The Morgan fingerprint density at radius 3 is 2.88 bits per heavy atom. The third-order valence-corrected chi connectivity index (χ3v) is 9.75. The summed E-state index contributed by atoms with van der Waals surface area (Å²) < 4.78 is 17.2. The number of carbonyl (C=O) groups excluding carboxylic acids is 2. The molecule has 0 bridgehead atoms. The fourth-order valence-electron chi connectivity index (χ4n) is 7.46. The lowest BCUT2D eigenvalue weighted by molar-refractivity contribution is -0.137. The second-order valence-corrected chi connectivity index (χ2v) is 12.5. The van der Waals surface area contributed by atoms with Gasteiger partial charge in [-0.1, -0.05) is 25.5 Å². The van der Waals surface area contributed by atoms with Crippen molar-refractivity contribution in [3.63, 3.8) is 0 Å². The van der Waals surface area contributed by atoms with Crippen molar-refractivity contribution in [1.29, 1.82) is 0 Å². The van der Waals surface area contributed by atoms with Gasteiger partial charge in [-0.3, -0.25) is 19.5 Å². The van der Waals surface area contributed by atoms with Crippen LogP contribution in [-0.4, -0.2) is 97.5 Å². The molecule has 0 radical (unpaired) electrons. The van der Waals surface area contributed by atoms with Crippen LogP contribution in [0.2, 0.25) is 0 Å². The molecule has 5 atom stereocenters. The van der Waals surface area contributed by atoms with Gasteiger partial charge in [-0.25, -0.2) is 0 Å². The van der Waals surface area contributed by atoms with Gasteiger partial charge in [0.1, 0.15) is 5.76 Å². The number of unbranched alkanes of at least 4 members (excludes halogenated alkanes) is 1. The zero-order chi connectivity index (χ0) is 29.7. The first kappa shape index (κ1) is 30.4. The van der Waals surface area contributed by atoms with E-state index in [-0.39, 0.29) is 42.4 Å². The number of nitrogens with zero attached hydrogens (tertiary/aromatic N) is 4. The standard InChI is InChI=1S/C33H48N4O5/c1-5-7-17-37(33(3)13-10-14-34-22-33)31(39)21-36-20-26(24-18-28(40-4)32-29(19-24)41-23-42-32)25(6-2)27(36)11-8-15-35-16-9-12-30(35)38/h6,10,13-14,19,24-27H,2,5,7-9,11-12,15-18,20-23H2,1,3-4H3/t24?,25-,26-,27+,33?/m1/s1. The van der Waals surface area contributed by atoms with Gasteiger partial charge in [0.2, 0.25) is 24.4 Å². The van der Waals surface area contributed by atoms with Crippen LogP contribution in [0.3, 0.4) is 0 Å². The molecule has 1 aliphatic carbocycles. The Hall–Kier alpha value is -3.07. The molecule has 0 saturated carbocycles. The highest BCUT2D eigenvalue weighted by Gasteiger charge is 2.46. The summed E-state index contributed by atoms with van der Waals surface area (Å²) in [5.41, 5.74) is -0.425. The average molecular weight is 581 g/mol. The predicted octanol–water partition coefficient (Wildman–Crippen LogP) is 4.29. The molecular formula is C33H48N4O5. The molecule has 0 aromatic rings. The summed E-state index contributed by atoms with van der Waals surface area (Å²) in [5.74, 6) is 3.31. The second-order valence-electron chi connectivity index (χ2n) is 12.5. The second kappa shape index (κ2) is 13.5. The third kappa shape index (κ3) is 6.31. The number of hydrogen-bond donors (Lipinski definition) is 0. The highest BCUT2D eigenvalue weighted by Crippen LogP contribution is 2.45. The largest absolute Gasteiger partial charge is 0.497 e. The van der Waals surface area contributed by atoms with Gasteiger partial charge >= 0.3 is 0 Å². The van der Waals surface area contributed by atoms with E-state index in [0.29, 0.717) is 31.8 Å². The molecule has 3 saturated heterocycles. The minimum Gasteiger partial charge on any atom is -0.497 e. The van der Waals surface area contributed by atoms with Crippen LogP contribution >= 0.6 is 0 Å². The van der Waals surface area contributed by atoms with Crippen LogP contribution in [0.4, 0.5) is 0 Å². The lowest BCUT2D eigenvalue weighted by Crippen LogP contribution is -2.55. The maximum Gasteiger partial charge on any atom is 0.237 e. The summed E-state index contributed by atoms with van der Waals surface area (Å²) in [6.45, 7) is 12.8. The number of carbonyl (C=O) groups is 2. The molecule has 0 aromatic carbocycles. The lowest BCUT2D eigenvalue weighted by atomic mass is 9.76. The maximum atomic E-state index is 14.2. The van der Waals surface area contributed by atoms with Gasteiger partial charge in [0.15, 0.2) is 5.76 Å². The van der Waals surface area contributed by atoms with Crippen molar-refractivity contribution in [2.75, 3.05) is 53.2 Å². The van der Waals surface area contributed by atoms with E-state index in [0.717, 1.165) is 69.7 Å². The molecule has 9 nitrogen and oxygen atoms in total. The van der Waals surface area contributed by atoms with E-state index in [1.54, 1.807) is 7.11 Å². The molecule has 5 rings (SSSR count). The number of methoxy groups -OCH3 is 1. The number of rotatable bonds is 13. The van der Waals surface area contributed by atoms with Gasteiger partial charge in [-0.2, -0.15) is 0 Å². The van der Waals surface area contributed by atoms with Crippen LogP contribution in [0.15, 0.2) is 53.2 Å². The molecule has 4 aliphatic heterocycles. The minimum atomic E-state index is -0.425. The smallest absolute Gasteiger partial charge is 0.237 e. The van der Waals surface area contributed by atoms with Crippen molar-refractivity contribution in [1.82, 2.24) is 14.7 Å². The molecule has 5 aliphatic rings. The molecule has 3 fully saturated rings. The number of ether oxygens (including phenoxy) is 3. The zero-order valence-electron chi connectivity index (χ0n) is 25.6. The van der Waals surface area contributed by atoms with Crippen LogP contribution in [0.5, 0.6) is 0 Å². The van der Waals surface area contributed by atoms with E-state index in [1.807, 2.05) is 22.1 Å². The fraction of sp³-hybridized carbons (Fsp3) is 0.667. The van der Waals surface area contributed by atoms with E-state index >= 15 is 0 Å². The first-order valence-electron chi connectivity index (χ1n) is 15.8. The summed E-state index contributed by atoms with van der Waals surface area (Å²) in [6, 6.07) is 0.158. The number of amides is 2. The Balaban J connectivity index is 1.36. The van der Waals surface area contributed by atoms with Gasteiger partial charge in [-0.05, 0) is 62.5 Å². The zero-order valence-corrected chi connectivity index (χ0v) is 25.6. The third-order valence-electron chi connectivity index (χ3n) is 9.75. The molecule has 230 valence electrons. The van der Waals surface area contributed by atoms with E-state index in [9.17, 15) is 9.59 Å². The van der Waals surface area contributed by atoms with Crippen molar-refractivity contribution in [2.45, 2.75) is 70.4 Å². The predicted molar refractivity (Wildman–Crippen MR) is 162 cm³/mol. The summed E-state index contributed by atoms with van der Waals surface area (Å²) in [5, 5.41) is 0. The Labute approximate surface area is 250 Å². The van der Waals surface area contributed by atoms with Gasteiger partial charge in [0, 0.05) is 51.3 Å². The number of dihydropyridines is 1. The number of fused-ring (bicyclic) bond motifs is 1. The van der Waals surface area contributed by atoms with E-state index in [2.05, 4.69) is 48.5 Å². The molecule has 0 spiro atoms. The molecular weight excluding hydrogens is 532 g/mol. The average Bonchev–Trinajstić information content (AvgIpc) is 3.72. The van der Waals surface area contributed by atoms with Crippen LogP contribution in [-0.2, 0) is 23.8 Å². The summed E-state index contributed by atoms with van der Waals surface area (Å²) in [6.07, 6.45) is 16.3. The Bertz CT molecular complexity index is 1150. The Kier molecular flexibility index (Phi) is 9.76. The number of aliphatic imine (C=N–C) groups is 1. The van der Waals surface area contributed by atoms with Crippen molar-refractivity contribution < 1.29 is 23.8 Å². The first-order chi connectivity index (χ1) is 20.4. The lowest BCUT2D eigenvalue weighted by Gasteiger charge is -2.41. The Morgan fingerprint density at radius 2 is 2.19 bits per heavy atom. The molecule has 9 heteroatoms. The quantitative estimate of drug-likeness (QED) is 0.303. The fourth-order valence-corrected chi connectivity index (χ4v) is 7.46. The van der Waals surface area contributed by atoms with Gasteiger partial charge in [0.05, 0.1) is 25.7 Å². The van der Waals surface area contributed by atoms with E-state index < -0.39 is 5.54 Å². The SMILES string of the molecule is C=C[C@@H]1[C@@H](C2C=C3OCOC3=C(OC)C2)CN(CC(=O)N(CCCC)C2(C)C=CC=NC2)[C@H]1CCCN1CCCC1=O. The summed E-state index contributed by atoms with van der Waals surface area (Å²) in [4.78, 5) is 37.4. The van der Waals surface area contributed by atoms with E-state index in [1.165, 1.54) is 0 Å². The van der Waals surface area contributed by atoms with Crippen LogP contribution in [0.25, 0.3) is 0 Å². The Morgan fingerprint density at radius 1 is 1.33 bits per heavy atom. The number of hydrogen-bond acceptors (Lipinski definition) is 7. The molecule has 42 heavy (non-hydrogen) atoms. The molecule has 2 unspecified atom stereocenters. The first-order valence-corrected chi connectivity index (χ1v) is 15.8. The van der Waals surface area contributed by atoms with Crippen molar-refractivity contribution >= 4 is 18.0 Å². The van der Waals surface area contributed by atoms with E-state index in [4.69, 9.17) is 14.2 Å². The summed E-state index contributed by atoms with van der Waals surface area (Å²) in [7, 11) is 1.69. The molecule has 0 aromatic heterocycles. The van der Waals surface area contributed by atoms with Crippen LogP contribution < -0.4 is 0 Å². The van der Waals surface area contributed by atoms with Gasteiger partial charge in [0.25, 0.3) is 0 Å². The monoisotopic (exact) mass is 580 g/mol. The maximum absolute atomic E-state index is 14.2. The molecule has 0 N–H and O–H groups in total. The van der Waals surface area contributed by atoms with Crippen molar-refractivity contribution in [3.05, 3.63) is 48.2 Å². The molecule has 2 amide bonds. The number of allylic oxidation sites excluding steroid dienone is 3. The molecule has 4 heterocycles. The normalized spacial score (nSPS) is 30.7. The minimum absolute atomic E-state index is 0.144. The van der Waals surface area contributed by atoms with Crippen LogP contribution in [0, 0.1) is 17.8 Å². The highest BCUT2D eigenvalue weighted by atomic mass is 16.7.